The van der Waals surface area contributed by atoms with E-state index in [0.717, 1.165) is 28.3 Å². The van der Waals surface area contributed by atoms with Crippen molar-refractivity contribution in [3.05, 3.63) is 301 Å². The average Bonchev–Trinajstić information content (AvgIpc) is 3.94. The van der Waals surface area contributed by atoms with Crippen LogP contribution in [0.15, 0.2) is 279 Å². The fourth-order valence-electron chi connectivity index (χ4n) is 11.8. The van der Waals surface area contributed by atoms with Crippen molar-refractivity contribution in [3.63, 3.8) is 0 Å². The molecule has 0 spiro atoms. The Kier molecular flexibility index (Phi) is 9.47. The Labute approximate surface area is 413 Å². The van der Waals surface area contributed by atoms with E-state index in [1.54, 1.807) is 0 Å². The Morgan fingerprint density at radius 1 is 0.296 bits per heavy atom. The van der Waals surface area contributed by atoms with Gasteiger partial charge in [-0.15, -0.1) is 0 Å². The predicted molar refractivity (Wildman–Crippen MR) is 299 cm³/mol. The quantitative estimate of drug-likeness (QED) is 0.147. The summed E-state index contributed by atoms with van der Waals surface area (Å²) in [5, 5.41) is 7.31. The second kappa shape index (κ2) is 16.5. The number of hydrogen-bond donors (Lipinski definition) is 0. The van der Waals surface area contributed by atoms with Gasteiger partial charge in [0.15, 0.2) is 0 Å². The minimum Gasteiger partial charge on any atom is -0.310 e. The van der Waals surface area contributed by atoms with Crippen LogP contribution >= 0.6 is 0 Å². The maximum Gasteiger partial charge on any atom is 0.0714 e. The fraction of sp³-hybridized carbons (Fsp3) is 0.0145. The van der Waals surface area contributed by atoms with E-state index in [-0.39, 0.29) is 0 Å². The summed E-state index contributed by atoms with van der Waals surface area (Å²) in [5.41, 5.74) is 18.5. The minimum atomic E-state index is -0.586. The molecule has 0 radical (unpaired) electrons. The van der Waals surface area contributed by atoms with Crippen LogP contribution < -0.4 is 4.90 Å². The molecule has 0 bridgehead atoms. The minimum absolute atomic E-state index is 0.586. The summed E-state index contributed by atoms with van der Waals surface area (Å²) in [6, 6.07) is 103. The molecule has 332 valence electrons. The van der Waals surface area contributed by atoms with E-state index >= 15 is 0 Å². The first-order chi connectivity index (χ1) is 35.2. The van der Waals surface area contributed by atoms with E-state index in [1.165, 1.54) is 93.5 Å². The molecule has 0 saturated heterocycles. The number of fused-ring (bicyclic) bond motifs is 9. The maximum atomic E-state index is 2.49. The zero-order chi connectivity index (χ0) is 46.9. The Morgan fingerprint density at radius 3 is 1.55 bits per heavy atom. The fourth-order valence-corrected chi connectivity index (χ4v) is 11.8. The molecule has 2 nitrogen and oxygen atoms in total. The van der Waals surface area contributed by atoms with Crippen LogP contribution in [0.1, 0.15) is 22.3 Å². The van der Waals surface area contributed by atoms with Gasteiger partial charge in [0.2, 0.25) is 0 Å². The lowest BCUT2D eigenvalue weighted by atomic mass is 9.67. The van der Waals surface area contributed by atoms with Crippen LogP contribution in [0, 0.1) is 0 Å². The molecule has 0 N–H and O–H groups in total. The molecule has 14 rings (SSSR count). The lowest BCUT2D eigenvalue weighted by Crippen LogP contribution is -2.28. The normalized spacial score (nSPS) is 14.0. The summed E-state index contributed by atoms with van der Waals surface area (Å²) in [4.78, 5) is 2.47. The van der Waals surface area contributed by atoms with Gasteiger partial charge in [0, 0.05) is 38.9 Å². The highest BCUT2D eigenvalue weighted by atomic mass is 15.1. The Balaban J connectivity index is 1.02. The van der Waals surface area contributed by atoms with Gasteiger partial charge in [-0.2, -0.15) is 0 Å². The molecule has 1 aliphatic rings. The monoisotopic (exact) mass is 902 g/mol. The third-order valence-corrected chi connectivity index (χ3v) is 15.0. The van der Waals surface area contributed by atoms with Crippen LogP contribution in [-0.4, -0.2) is 4.57 Å². The van der Waals surface area contributed by atoms with E-state index in [1.807, 2.05) is 0 Å². The Morgan fingerprint density at radius 2 is 0.803 bits per heavy atom. The topological polar surface area (TPSA) is 8.17 Å². The van der Waals surface area contributed by atoms with Gasteiger partial charge in [0.1, 0.15) is 0 Å². The van der Waals surface area contributed by atoms with Crippen LogP contribution in [0.25, 0.3) is 82.4 Å². The molecule has 0 saturated carbocycles. The summed E-state index contributed by atoms with van der Waals surface area (Å²) in [6.45, 7) is 0. The highest BCUT2D eigenvalue weighted by Crippen LogP contribution is 2.57. The molecule has 71 heavy (non-hydrogen) atoms. The van der Waals surface area contributed by atoms with Crippen molar-refractivity contribution in [1.82, 2.24) is 4.57 Å². The molecule has 1 atom stereocenters. The van der Waals surface area contributed by atoms with Crippen molar-refractivity contribution >= 4 is 60.4 Å². The van der Waals surface area contributed by atoms with Gasteiger partial charge in [-0.3, -0.25) is 0 Å². The summed E-state index contributed by atoms with van der Waals surface area (Å²) in [6.07, 6.45) is 0. The van der Waals surface area contributed by atoms with Crippen LogP contribution in [-0.2, 0) is 5.41 Å². The van der Waals surface area contributed by atoms with E-state index in [0.29, 0.717) is 0 Å². The van der Waals surface area contributed by atoms with E-state index in [9.17, 15) is 0 Å². The van der Waals surface area contributed by atoms with Crippen LogP contribution in [0.5, 0.6) is 0 Å². The van der Waals surface area contributed by atoms with Crippen LogP contribution in [0.2, 0.25) is 0 Å². The van der Waals surface area contributed by atoms with Gasteiger partial charge in [-0.1, -0.05) is 231 Å². The SMILES string of the molecule is c1ccc(-c2ccc(-n3c4cc(N(c5ccc6c(c5)C(c5ccccc5)(c5ccc(-c7ccccc7)cc5)c5ccccc5-6)c5ccc6ccccc6c5)ccc4c4ccc5ccccc5c43)cc2)cc1. The summed E-state index contributed by atoms with van der Waals surface area (Å²) >= 11 is 0. The third-order valence-electron chi connectivity index (χ3n) is 15.0. The number of aromatic nitrogens is 1. The van der Waals surface area contributed by atoms with Crippen molar-refractivity contribution in [2.24, 2.45) is 0 Å². The lowest BCUT2D eigenvalue weighted by Gasteiger charge is -2.35. The van der Waals surface area contributed by atoms with Gasteiger partial charge in [0.05, 0.1) is 16.4 Å². The molecule has 0 aliphatic heterocycles. The second-order valence-electron chi connectivity index (χ2n) is 18.8. The molecule has 1 unspecified atom stereocenters. The summed E-state index contributed by atoms with van der Waals surface area (Å²) in [7, 11) is 0. The van der Waals surface area contributed by atoms with Gasteiger partial charge in [-0.05, 0) is 120 Å². The van der Waals surface area contributed by atoms with Gasteiger partial charge in [-0.25, -0.2) is 0 Å². The van der Waals surface area contributed by atoms with Gasteiger partial charge in [0.25, 0.3) is 0 Å². The average molecular weight is 903 g/mol. The number of anilines is 3. The second-order valence-corrected chi connectivity index (χ2v) is 18.8. The highest BCUT2D eigenvalue weighted by Gasteiger charge is 2.46. The lowest BCUT2D eigenvalue weighted by molar-refractivity contribution is 0.768. The first kappa shape index (κ1) is 40.8. The maximum absolute atomic E-state index is 2.49. The molecule has 1 aliphatic carbocycles. The van der Waals surface area contributed by atoms with E-state index < -0.39 is 5.41 Å². The van der Waals surface area contributed by atoms with E-state index in [2.05, 4.69) is 289 Å². The van der Waals surface area contributed by atoms with Gasteiger partial charge >= 0.3 is 0 Å². The largest absolute Gasteiger partial charge is 0.310 e. The van der Waals surface area contributed by atoms with Crippen molar-refractivity contribution in [2.75, 3.05) is 4.90 Å². The molecule has 0 fully saturated rings. The number of nitrogens with zero attached hydrogens (tertiary/aromatic N) is 2. The predicted octanol–water partition coefficient (Wildman–Crippen LogP) is 18.3. The standard InChI is InChI=1S/C69H46N2/c1-4-16-47(17-5-1)50-28-34-55(35-29-50)69(54-23-8-3-9-24-54)65-27-15-14-26-61(65)62-42-39-58(45-66(62)69)70(57-38-32-49-20-10-11-22-53(49)44-57)59-40-43-63-64-41-33-52-21-12-13-25-60(52)68(64)71(67(63)46-59)56-36-30-51(31-37-56)48-18-6-2-7-19-48/h1-46H. The molecule has 0 amide bonds. The molecular weight excluding hydrogens is 857 g/mol. The molecule has 12 aromatic carbocycles. The molecule has 1 aromatic heterocycles. The molecule has 2 heteroatoms. The Hall–Kier alpha value is -9.24. The molecular formula is C69H46N2. The first-order valence-electron chi connectivity index (χ1n) is 24.6. The number of rotatable bonds is 8. The molecule has 13 aromatic rings. The zero-order valence-electron chi connectivity index (χ0n) is 39.0. The van der Waals surface area contributed by atoms with Crippen molar-refractivity contribution in [1.29, 1.82) is 0 Å². The van der Waals surface area contributed by atoms with Gasteiger partial charge < -0.3 is 9.47 Å². The number of hydrogen-bond acceptors (Lipinski definition) is 1. The van der Waals surface area contributed by atoms with Crippen LogP contribution in [0.4, 0.5) is 17.1 Å². The van der Waals surface area contributed by atoms with E-state index in [4.69, 9.17) is 0 Å². The zero-order valence-corrected chi connectivity index (χ0v) is 39.0. The van der Waals surface area contributed by atoms with Crippen LogP contribution in [0.3, 0.4) is 0 Å². The van der Waals surface area contributed by atoms with Crippen molar-refractivity contribution < 1.29 is 0 Å². The Bertz CT molecular complexity index is 4140. The van der Waals surface area contributed by atoms with Crippen molar-refractivity contribution in [2.45, 2.75) is 5.41 Å². The smallest absolute Gasteiger partial charge is 0.0714 e. The number of benzene rings is 12. The molecule has 1 heterocycles. The third kappa shape index (κ3) is 6.49. The first-order valence-corrected chi connectivity index (χ1v) is 24.6. The summed E-state index contributed by atoms with van der Waals surface area (Å²) in [5.74, 6) is 0. The summed E-state index contributed by atoms with van der Waals surface area (Å²) < 4.78 is 2.49. The van der Waals surface area contributed by atoms with Crippen molar-refractivity contribution in [3.8, 4) is 39.1 Å². The highest BCUT2D eigenvalue weighted by molar-refractivity contribution is 6.19.